The topological polar surface area (TPSA) is 77.7 Å². The van der Waals surface area contributed by atoms with Crippen molar-refractivity contribution in [3.05, 3.63) is 65.9 Å². The first-order valence-electron chi connectivity index (χ1n) is 10.2. The molecule has 0 unspecified atom stereocenters. The minimum absolute atomic E-state index is 0.115. The average Bonchev–Trinajstić information content (AvgIpc) is 3.15. The number of aromatic nitrogens is 2. The quantitative estimate of drug-likeness (QED) is 0.417. The summed E-state index contributed by atoms with van der Waals surface area (Å²) in [6, 6.07) is 15.7. The van der Waals surface area contributed by atoms with Crippen molar-refractivity contribution in [3.8, 4) is 22.8 Å². The number of hydrazone groups is 1. The Morgan fingerprint density at radius 3 is 2.55 bits per heavy atom. The molecule has 0 bridgehead atoms. The molecule has 2 aromatic carbocycles. The van der Waals surface area contributed by atoms with E-state index in [2.05, 4.69) is 22.7 Å². The van der Waals surface area contributed by atoms with Crippen molar-refractivity contribution >= 4 is 12.1 Å². The Labute approximate surface area is 182 Å². The average molecular weight is 421 g/mol. The molecule has 31 heavy (non-hydrogen) atoms. The Hall–Kier alpha value is -3.61. The van der Waals surface area contributed by atoms with Crippen LogP contribution < -0.4 is 14.9 Å². The number of methoxy groups -OCH3 is 2. The number of hydrogen-bond acceptors (Lipinski definition) is 5. The van der Waals surface area contributed by atoms with Crippen molar-refractivity contribution in [2.24, 2.45) is 11.0 Å². The molecule has 3 rings (SSSR count). The van der Waals surface area contributed by atoms with Crippen molar-refractivity contribution in [1.29, 1.82) is 0 Å². The molecule has 1 aromatic heterocycles. The standard InChI is InChI=1S/C24H28N4O3/c1-17(2)12-23(29)26-25-14-20-16-28(15-18-8-6-5-7-9-18)27-24(20)19-10-11-21(30-3)22(13-19)31-4/h5-11,13-14,16-17H,12,15H2,1-4H3,(H,26,29)/b25-14-. The zero-order valence-electron chi connectivity index (χ0n) is 18.3. The Morgan fingerprint density at radius 2 is 1.87 bits per heavy atom. The molecule has 1 amide bonds. The van der Waals surface area contributed by atoms with Crippen LogP contribution in [-0.4, -0.2) is 36.1 Å². The first-order chi connectivity index (χ1) is 15.0. The van der Waals surface area contributed by atoms with Crippen molar-refractivity contribution in [1.82, 2.24) is 15.2 Å². The van der Waals surface area contributed by atoms with Gasteiger partial charge in [0.15, 0.2) is 11.5 Å². The third-order valence-corrected chi connectivity index (χ3v) is 4.62. The van der Waals surface area contributed by atoms with E-state index < -0.39 is 0 Å². The number of benzene rings is 2. The van der Waals surface area contributed by atoms with E-state index >= 15 is 0 Å². The van der Waals surface area contributed by atoms with E-state index in [1.54, 1.807) is 20.4 Å². The number of amides is 1. The maximum absolute atomic E-state index is 11.9. The minimum Gasteiger partial charge on any atom is -0.493 e. The van der Waals surface area contributed by atoms with E-state index in [9.17, 15) is 4.79 Å². The predicted octanol–water partition coefficient (Wildman–Crippen LogP) is 4.11. The van der Waals surface area contributed by atoms with Crippen LogP contribution in [-0.2, 0) is 11.3 Å². The van der Waals surface area contributed by atoms with E-state index in [-0.39, 0.29) is 11.8 Å². The minimum atomic E-state index is -0.115. The number of rotatable bonds is 9. The van der Waals surface area contributed by atoms with Crippen molar-refractivity contribution < 1.29 is 14.3 Å². The zero-order chi connectivity index (χ0) is 22.2. The molecule has 0 aliphatic heterocycles. The van der Waals surface area contributed by atoms with Crippen LogP contribution in [0.15, 0.2) is 59.8 Å². The summed E-state index contributed by atoms with van der Waals surface area (Å²) in [7, 11) is 3.20. The number of ether oxygens (including phenoxy) is 2. The molecule has 0 atom stereocenters. The molecule has 162 valence electrons. The molecule has 0 spiro atoms. The van der Waals surface area contributed by atoms with Crippen molar-refractivity contribution in [2.75, 3.05) is 14.2 Å². The number of hydrogen-bond donors (Lipinski definition) is 1. The summed E-state index contributed by atoms with van der Waals surface area (Å²) in [5, 5.41) is 8.91. The second kappa shape index (κ2) is 10.4. The van der Waals surface area contributed by atoms with Gasteiger partial charge in [-0.25, -0.2) is 5.43 Å². The number of nitrogens with zero attached hydrogens (tertiary/aromatic N) is 3. The van der Waals surface area contributed by atoms with Crippen LogP contribution >= 0.6 is 0 Å². The predicted molar refractivity (Wildman–Crippen MR) is 122 cm³/mol. The maximum Gasteiger partial charge on any atom is 0.240 e. The van der Waals surface area contributed by atoms with Gasteiger partial charge in [0.05, 0.1) is 27.0 Å². The van der Waals surface area contributed by atoms with E-state index in [1.165, 1.54) is 0 Å². The van der Waals surface area contributed by atoms with Gasteiger partial charge >= 0.3 is 0 Å². The van der Waals surface area contributed by atoms with Gasteiger partial charge in [-0.3, -0.25) is 9.48 Å². The first-order valence-corrected chi connectivity index (χ1v) is 10.2. The molecule has 0 aliphatic carbocycles. The second-order valence-corrected chi connectivity index (χ2v) is 7.58. The van der Waals surface area contributed by atoms with E-state index in [4.69, 9.17) is 14.6 Å². The summed E-state index contributed by atoms with van der Waals surface area (Å²) in [5.74, 6) is 1.42. The van der Waals surface area contributed by atoms with Gasteiger partial charge in [0, 0.05) is 23.7 Å². The molecule has 0 saturated carbocycles. The summed E-state index contributed by atoms with van der Waals surface area (Å²) in [6.45, 7) is 4.60. The van der Waals surface area contributed by atoms with Crippen LogP contribution in [0.3, 0.4) is 0 Å². The molecular weight excluding hydrogens is 392 g/mol. The van der Waals surface area contributed by atoms with Gasteiger partial charge in [-0.1, -0.05) is 44.2 Å². The lowest BCUT2D eigenvalue weighted by Crippen LogP contribution is -2.19. The van der Waals surface area contributed by atoms with Crippen LogP contribution in [0.25, 0.3) is 11.3 Å². The molecule has 1 N–H and O–H groups in total. The Morgan fingerprint density at radius 1 is 1.13 bits per heavy atom. The van der Waals surface area contributed by atoms with Crippen LogP contribution in [0.4, 0.5) is 0 Å². The molecular formula is C24H28N4O3. The molecule has 0 saturated heterocycles. The lowest BCUT2D eigenvalue weighted by Gasteiger charge is -2.09. The van der Waals surface area contributed by atoms with Gasteiger partial charge in [0.25, 0.3) is 0 Å². The van der Waals surface area contributed by atoms with E-state index in [0.717, 1.165) is 22.4 Å². The van der Waals surface area contributed by atoms with Crippen LogP contribution in [0, 0.1) is 5.92 Å². The normalized spacial score (nSPS) is 11.1. The van der Waals surface area contributed by atoms with Crippen LogP contribution in [0.5, 0.6) is 11.5 Å². The van der Waals surface area contributed by atoms with E-state index in [1.807, 2.05) is 61.1 Å². The highest BCUT2D eigenvalue weighted by atomic mass is 16.5. The van der Waals surface area contributed by atoms with Gasteiger partial charge in [-0.2, -0.15) is 10.2 Å². The van der Waals surface area contributed by atoms with Gasteiger partial charge in [0.2, 0.25) is 5.91 Å². The summed E-state index contributed by atoms with van der Waals surface area (Å²) in [5.41, 5.74) is 6.11. The molecule has 7 heteroatoms. The smallest absolute Gasteiger partial charge is 0.240 e. The summed E-state index contributed by atoms with van der Waals surface area (Å²) in [6.07, 6.45) is 3.96. The lowest BCUT2D eigenvalue weighted by atomic mass is 10.1. The monoisotopic (exact) mass is 420 g/mol. The molecule has 7 nitrogen and oxygen atoms in total. The fourth-order valence-corrected chi connectivity index (χ4v) is 3.18. The number of carbonyl (C=O) groups excluding carboxylic acids is 1. The fourth-order valence-electron chi connectivity index (χ4n) is 3.18. The lowest BCUT2D eigenvalue weighted by molar-refractivity contribution is -0.121. The molecule has 3 aromatic rings. The fraction of sp³-hybridized carbons (Fsp3) is 0.292. The number of carbonyl (C=O) groups is 1. The second-order valence-electron chi connectivity index (χ2n) is 7.58. The third-order valence-electron chi connectivity index (χ3n) is 4.62. The summed E-state index contributed by atoms with van der Waals surface area (Å²) >= 11 is 0. The molecule has 1 heterocycles. The Balaban J connectivity index is 1.92. The van der Waals surface area contributed by atoms with Gasteiger partial charge in [-0.05, 0) is 29.7 Å². The summed E-state index contributed by atoms with van der Waals surface area (Å²) in [4.78, 5) is 11.9. The van der Waals surface area contributed by atoms with Gasteiger partial charge < -0.3 is 9.47 Å². The largest absolute Gasteiger partial charge is 0.493 e. The maximum atomic E-state index is 11.9. The zero-order valence-corrected chi connectivity index (χ0v) is 18.3. The third kappa shape index (κ3) is 5.94. The highest BCUT2D eigenvalue weighted by molar-refractivity contribution is 5.89. The summed E-state index contributed by atoms with van der Waals surface area (Å²) < 4.78 is 12.6. The highest BCUT2D eigenvalue weighted by Crippen LogP contribution is 2.32. The van der Waals surface area contributed by atoms with Crippen LogP contribution in [0.1, 0.15) is 31.4 Å². The SMILES string of the molecule is COc1ccc(-c2nn(Cc3ccccc3)cc2/C=N\NC(=O)CC(C)C)cc1OC. The van der Waals surface area contributed by atoms with E-state index in [0.29, 0.717) is 24.5 Å². The van der Waals surface area contributed by atoms with Crippen molar-refractivity contribution in [3.63, 3.8) is 0 Å². The Bertz CT molecular complexity index is 1040. The first kappa shape index (κ1) is 22.1. The van der Waals surface area contributed by atoms with Gasteiger partial charge in [0.1, 0.15) is 5.69 Å². The van der Waals surface area contributed by atoms with Gasteiger partial charge in [-0.15, -0.1) is 0 Å². The van der Waals surface area contributed by atoms with Crippen molar-refractivity contribution in [2.45, 2.75) is 26.8 Å². The van der Waals surface area contributed by atoms with Crippen LogP contribution in [0.2, 0.25) is 0 Å². The molecule has 0 radical (unpaired) electrons. The highest BCUT2D eigenvalue weighted by Gasteiger charge is 2.14. The molecule has 0 fully saturated rings. The number of nitrogens with one attached hydrogen (secondary N) is 1. The Kier molecular flexibility index (Phi) is 7.43. The molecule has 0 aliphatic rings.